The number of piperidine rings is 1. The normalized spacial score (nSPS) is 16.6. The number of nitrogens with one attached hydrogen (secondary N) is 1. The van der Waals surface area contributed by atoms with Gasteiger partial charge in [0.05, 0.1) is 11.4 Å². The molecule has 124 valence electrons. The van der Waals surface area contributed by atoms with Gasteiger partial charge in [0, 0.05) is 11.6 Å². The maximum Gasteiger partial charge on any atom is 0.208 e. The Bertz CT molecular complexity index is 835. The van der Waals surface area contributed by atoms with Crippen molar-refractivity contribution in [3.63, 3.8) is 0 Å². The van der Waals surface area contributed by atoms with Gasteiger partial charge in [0.15, 0.2) is 0 Å². The lowest BCUT2D eigenvalue weighted by Gasteiger charge is -2.30. The molecular formula is C19H22N4O. The first-order chi connectivity index (χ1) is 11.7. The topological polar surface area (TPSA) is 54.2 Å². The number of pyridine rings is 1. The zero-order valence-corrected chi connectivity index (χ0v) is 14.1. The van der Waals surface area contributed by atoms with E-state index in [0.717, 1.165) is 59.7 Å². The second-order valence-corrected chi connectivity index (χ2v) is 6.59. The largest absolute Gasteiger partial charge is 0.379 e. The summed E-state index contributed by atoms with van der Waals surface area (Å²) in [6.45, 7) is 4.17. The lowest BCUT2D eigenvalue weighted by Crippen LogP contribution is -2.36. The van der Waals surface area contributed by atoms with Crippen LogP contribution < -0.4 is 5.32 Å². The quantitative estimate of drug-likeness (QED) is 0.797. The van der Waals surface area contributed by atoms with Crippen LogP contribution in [0.25, 0.3) is 22.4 Å². The summed E-state index contributed by atoms with van der Waals surface area (Å²) in [7, 11) is 2.17. The van der Waals surface area contributed by atoms with Crippen LogP contribution in [0.4, 0.5) is 5.69 Å². The number of hydrogen-bond donors (Lipinski definition) is 1. The molecule has 5 heteroatoms. The van der Waals surface area contributed by atoms with E-state index in [1.165, 1.54) is 0 Å². The molecule has 1 aliphatic rings. The van der Waals surface area contributed by atoms with Crippen LogP contribution in [0, 0.1) is 6.92 Å². The minimum absolute atomic E-state index is 0.459. The van der Waals surface area contributed by atoms with E-state index < -0.39 is 0 Å². The molecule has 3 heterocycles. The molecule has 5 nitrogen and oxygen atoms in total. The SMILES string of the molecule is Cc1noc2c(NC3CCN(C)CC3)cc(-c3ccccc3)nc12. The number of benzene rings is 1. The number of rotatable bonds is 3. The van der Waals surface area contributed by atoms with Crippen molar-refractivity contribution >= 4 is 16.8 Å². The zero-order chi connectivity index (χ0) is 16.5. The average Bonchev–Trinajstić information content (AvgIpc) is 2.99. The van der Waals surface area contributed by atoms with E-state index in [1.54, 1.807) is 0 Å². The number of nitrogens with zero attached hydrogens (tertiary/aromatic N) is 3. The molecule has 0 radical (unpaired) electrons. The maximum absolute atomic E-state index is 5.55. The maximum atomic E-state index is 5.55. The summed E-state index contributed by atoms with van der Waals surface area (Å²) in [6, 6.07) is 12.8. The first-order valence-corrected chi connectivity index (χ1v) is 8.48. The third kappa shape index (κ3) is 2.87. The van der Waals surface area contributed by atoms with Gasteiger partial charge in [-0.25, -0.2) is 4.98 Å². The molecule has 0 atom stereocenters. The lowest BCUT2D eigenvalue weighted by atomic mass is 10.0. The molecular weight excluding hydrogens is 300 g/mol. The number of anilines is 1. The van der Waals surface area contributed by atoms with Crippen LogP contribution in [0.5, 0.6) is 0 Å². The van der Waals surface area contributed by atoms with E-state index in [-0.39, 0.29) is 0 Å². The van der Waals surface area contributed by atoms with Crippen LogP contribution in [-0.2, 0) is 0 Å². The van der Waals surface area contributed by atoms with Crippen molar-refractivity contribution in [2.45, 2.75) is 25.8 Å². The van der Waals surface area contributed by atoms with E-state index in [2.05, 4.69) is 40.6 Å². The molecule has 1 aromatic carbocycles. The highest BCUT2D eigenvalue weighted by molar-refractivity contribution is 5.90. The summed E-state index contributed by atoms with van der Waals surface area (Å²) in [6.07, 6.45) is 2.27. The summed E-state index contributed by atoms with van der Waals surface area (Å²) in [4.78, 5) is 7.14. The van der Waals surface area contributed by atoms with Crippen LogP contribution in [0.15, 0.2) is 40.9 Å². The summed E-state index contributed by atoms with van der Waals surface area (Å²) < 4.78 is 5.55. The third-order valence-electron chi connectivity index (χ3n) is 4.74. The highest BCUT2D eigenvalue weighted by atomic mass is 16.5. The average molecular weight is 322 g/mol. The van der Waals surface area contributed by atoms with Gasteiger partial charge in [-0.05, 0) is 46.0 Å². The van der Waals surface area contributed by atoms with Gasteiger partial charge in [-0.3, -0.25) is 0 Å². The Morgan fingerprint density at radius 1 is 1.17 bits per heavy atom. The number of aromatic nitrogens is 2. The van der Waals surface area contributed by atoms with E-state index in [4.69, 9.17) is 9.51 Å². The smallest absolute Gasteiger partial charge is 0.208 e. The van der Waals surface area contributed by atoms with Crippen molar-refractivity contribution in [2.24, 2.45) is 0 Å². The van der Waals surface area contributed by atoms with Crippen LogP contribution >= 0.6 is 0 Å². The lowest BCUT2D eigenvalue weighted by molar-refractivity contribution is 0.264. The summed E-state index contributed by atoms with van der Waals surface area (Å²) in [5.41, 5.74) is 5.47. The van der Waals surface area contributed by atoms with Crippen LogP contribution in [0.2, 0.25) is 0 Å². The second-order valence-electron chi connectivity index (χ2n) is 6.59. The molecule has 0 bridgehead atoms. The molecule has 0 unspecified atom stereocenters. The molecule has 2 aromatic heterocycles. The first kappa shape index (κ1) is 15.1. The van der Waals surface area contributed by atoms with Gasteiger partial charge >= 0.3 is 0 Å². The Kier molecular flexibility index (Phi) is 3.94. The molecule has 24 heavy (non-hydrogen) atoms. The standard InChI is InChI=1S/C19H22N4O/c1-13-18-19(24-22-13)17(20-15-8-10-23(2)11-9-15)12-16(21-18)14-6-4-3-5-7-14/h3-7,12,15H,8-11H2,1-2H3,(H,20,21). The fourth-order valence-electron chi connectivity index (χ4n) is 3.27. The third-order valence-corrected chi connectivity index (χ3v) is 4.74. The van der Waals surface area contributed by atoms with Gasteiger partial charge in [0.25, 0.3) is 0 Å². The number of likely N-dealkylation sites (tertiary alicyclic amines) is 1. The number of hydrogen-bond acceptors (Lipinski definition) is 5. The second kappa shape index (κ2) is 6.24. The van der Waals surface area contributed by atoms with Gasteiger partial charge < -0.3 is 14.7 Å². The number of fused-ring (bicyclic) bond motifs is 1. The van der Waals surface area contributed by atoms with E-state index in [9.17, 15) is 0 Å². The summed E-state index contributed by atoms with van der Waals surface area (Å²) in [5, 5.41) is 7.78. The molecule has 0 saturated carbocycles. The van der Waals surface area contributed by atoms with Crippen molar-refractivity contribution in [1.29, 1.82) is 0 Å². The summed E-state index contributed by atoms with van der Waals surface area (Å²) in [5.74, 6) is 0. The molecule has 3 aromatic rings. The van der Waals surface area contributed by atoms with E-state index >= 15 is 0 Å². The predicted molar refractivity (Wildman–Crippen MR) is 96.1 cm³/mol. The molecule has 1 saturated heterocycles. The molecule has 1 aliphatic heterocycles. The Balaban J connectivity index is 1.73. The Hall–Kier alpha value is -2.40. The minimum Gasteiger partial charge on any atom is -0.379 e. The molecule has 1 N–H and O–H groups in total. The van der Waals surface area contributed by atoms with Gasteiger partial charge in [-0.2, -0.15) is 0 Å². The molecule has 1 fully saturated rings. The first-order valence-electron chi connectivity index (χ1n) is 8.48. The van der Waals surface area contributed by atoms with Crippen molar-refractivity contribution in [3.8, 4) is 11.3 Å². The fourth-order valence-corrected chi connectivity index (χ4v) is 3.27. The molecule has 0 amide bonds. The highest BCUT2D eigenvalue weighted by Crippen LogP contribution is 2.31. The van der Waals surface area contributed by atoms with Crippen molar-refractivity contribution in [3.05, 3.63) is 42.1 Å². The van der Waals surface area contributed by atoms with Crippen LogP contribution in [0.1, 0.15) is 18.5 Å². The summed E-state index contributed by atoms with van der Waals surface area (Å²) >= 11 is 0. The van der Waals surface area contributed by atoms with Gasteiger partial charge in [0.2, 0.25) is 5.58 Å². The molecule has 0 spiro atoms. The van der Waals surface area contributed by atoms with E-state index in [0.29, 0.717) is 6.04 Å². The zero-order valence-electron chi connectivity index (χ0n) is 14.1. The number of aryl methyl sites for hydroxylation is 1. The van der Waals surface area contributed by atoms with Crippen LogP contribution in [0.3, 0.4) is 0 Å². The van der Waals surface area contributed by atoms with Crippen molar-refractivity contribution < 1.29 is 4.52 Å². The molecule has 4 rings (SSSR count). The Morgan fingerprint density at radius 3 is 2.67 bits per heavy atom. The highest BCUT2D eigenvalue weighted by Gasteiger charge is 2.20. The Labute approximate surface area is 141 Å². The predicted octanol–water partition coefficient (Wildman–Crippen LogP) is 3.70. The van der Waals surface area contributed by atoms with Crippen molar-refractivity contribution in [1.82, 2.24) is 15.0 Å². The van der Waals surface area contributed by atoms with Crippen molar-refractivity contribution in [2.75, 3.05) is 25.5 Å². The van der Waals surface area contributed by atoms with E-state index in [1.807, 2.05) is 25.1 Å². The Morgan fingerprint density at radius 2 is 1.92 bits per heavy atom. The van der Waals surface area contributed by atoms with Gasteiger partial charge in [-0.15, -0.1) is 0 Å². The fraction of sp³-hybridized carbons (Fsp3) is 0.368. The van der Waals surface area contributed by atoms with Gasteiger partial charge in [0.1, 0.15) is 11.2 Å². The monoisotopic (exact) mass is 322 g/mol. The molecule has 0 aliphatic carbocycles. The van der Waals surface area contributed by atoms with Crippen LogP contribution in [-0.4, -0.2) is 41.2 Å². The van der Waals surface area contributed by atoms with Gasteiger partial charge in [-0.1, -0.05) is 35.5 Å². The minimum atomic E-state index is 0.459.